The zero-order valence-electron chi connectivity index (χ0n) is 13.1. The molecule has 1 N–H and O–H groups in total. The minimum atomic E-state index is -0.857. The van der Waals surface area contributed by atoms with Gasteiger partial charge in [0, 0.05) is 36.8 Å². The van der Waals surface area contributed by atoms with E-state index in [9.17, 15) is 15.2 Å². The Morgan fingerprint density at radius 3 is 3.00 bits per heavy atom. The van der Waals surface area contributed by atoms with Crippen LogP contribution in [0, 0.1) is 17.2 Å². The molecule has 0 bridgehead atoms. The summed E-state index contributed by atoms with van der Waals surface area (Å²) < 4.78 is 5.38. The van der Waals surface area contributed by atoms with E-state index in [1.54, 1.807) is 18.2 Å². The summed E-state index contributed by atoms with van der Waals surface area (Å²) in [6.07, 6.45) is 1.55. The molecule has 24 heavy (non-hydrogen) atoms. The van der Waals surface area contributed by atoms with E-state index in [-0.39, 0.29) is 0 Å². The Balaban J connectivity index is 2.07. The Bertz CT molecular complexity index is 834. The minimum Gasteiger partial charge on any atom is -0.481 e. The van der Waals surface area contributed by atoms with Crippen molar-refractivity contribution in [1.29, 1.82) is 5.26 Å². The number of piperidine rings is 1. The number of carbonyl (C=O) groups is 1. The number of nitrogens with zero attached hydrogens (tertiary/aromatic N) is 3. The fraction of sp³-hybridized carbons (Fsp3) is 0.353. The summed E-state index contributed by atoms with van der Waals surface area (Å²) in [5, 5.41) is 20.1. The third-order valence-corrected chi connectivity index (χ3v) is 4.65. The number of nitriles is 1. The van der Waals surface area contributed by atoms with Crippen LogP contribution in [0.1, 0.15) is 12.0 Å². The average molecular weight is 346 g/mol. The van der Waals surface area contributed by atoms with Crippen LogP contribution in [0.3, 0.4) is 0 Å². The van der Waals surface area contributed by atoms with Crippen molar-refractivity contribution >= 4 is 34.2 Å². The van der Waals surface area contributed by atoms with Crippen LogP contribution >= 0.6 is 11.6 Å². The second-order valence-corrected chi connectivity index (χ2v) is 6.18. The number of rotatable bonds is 3. The predicted octanol–water partition coefficient (Wildman–Crippen LogP) is 2.69. The molecule has 2 aromatic rings. The molecule has 124 valence electrons. The molecule has 1 aliphatic heterocycles. The van der Waals surface area contributed by atoms with Crippen molar-refractivity contribution in [2.45, 2.75) is 12.5 Å². The van der Waals surface area contributed by atoms with Gasteiger partial charge in [0.15, 0.2) is 0 Å². The zero-order chi connectivity index (χ0) is 17.3. The van der Waals surface area contributed by atoms with Crippen LogP contribution < -0.4 is 4.90 Å². The zero-order valence-corrected chi connectivity index (χ0v) is 13.8. The van der Waals surface area contributed by atoms with E-state index in [4.69, 9.17) is 16.3 Å². The molecule has 0 aliphatic carbocycles. The fourth-order valence-corrected chi connectivity index (χ4v) is 3.39. The third kappa shape index (κ3) is 2.88. The van der Waals surface area contributed by atoms with Crippen molar-refractivity contribution < 1.29 is 14.6 Å². The molecule has 1 aromatic carbocycles. The van der Waals surface area contributed by atoms with Crippen molar-refractivity contribution in [3.8, 4) is 6.07 Å². The number of pyridine rings is 1. The molecule has 7 heteroatoms. The summed E-state index contributed by atoms with van der Waals surface area (Å²) in [6.45, 7) is 0.922. The molecule has 0 unspecified atom stereocenters. The van der Waals surface area contributed by atoms with E-state index < -0.39 is 18.0 Å². The number of halogens is 1. The Hall–Kier alpha value is -2.36. The monoisotopic (exact) mass is 345 g/mol. The highest BCUT2D eigenvalue weighted by Gasteiger charge is 2.35. The van der Waals surface area contributed by atoms with Gasteiger partial charge < -0.3 is 14.7 Å². The Kier molecular flexibility index (Phi) is 4.56. The van der Waals surface area contributed by atoms with Gasteiger partial charge in [-0.1, -0.05) is 11.6 Å². The fourth-order valence-electron chi connectivity index (χ4n) is 3.21. The van der Waals surface area contributed by atoms with Gasteiger partial charge in [0.2, 0.25) is 0 Å². The van der Waals surface area contributed by atoms with Gasteiger partial charge in [-0.25, -0.2) is 0 Å². The highest BCUT2D eigenvalue weighted by atomic mass is 35.5. The van der Waals surface area contributed by atoms with Crippen LogP contribution in [-0.2, 0) is 9.53 Å². The topological polar surface area (TPSA) is 86.5 Å². The van der Waals surface area contributed by atoms with Crippen LogP contribution in [0.15, 0.2) is 24.4 Å². The number of ether oxygens (including phenoxy) is 1. The number of carboxylic acid groups (broad SMARTS) is 1. The van der Waals surface area contributed by atoms with Gasteiger partial charge in [-0.05, 0) is 24.6 Å². The first-order valence-electron chi connectivity index (χ1n) is 7.54. The number of hydrogen-bond acceptors (Lipinski definition) is 5. The number of anilines is 1. The summed E-state index contributed by atoms with van der Waals surface area (Å²) in [5.74, 6) is -1.40. The molecule has 1 aromatic heterocycles. The van der Waals surface area contributed by atoms with Crippen LogP contribution in [0.2, 0.25) is 5.02 Å². The maximum absolute atomic E-state index is 11.4. The molecular formula is C17H16ClN3O3. The molecule has 1 fully saturated rings. The Labute approximate surface area is 144 Å². The van der Waals surface area contributed by atoms with Crippen molar-refractivity contribution in [3.05, 3.63) is 35.0 Å². The van der Waals surface area contributed by atoms with E-state index >= 15 is 0 Å². The lowest BCUT2D eigenvalue weighted by molar-refractivity contribution is -0.147. The number of fused-ring (bicyclic) bond motifs is 1. The lowest BCUT2D eigenvalue weighted by Gasteiger charge is -2.38. The molecule has 1 aliphatic rings. The van der Waals surface area contributed by atoms with Crippen molar-refractivity contribution in [2.75, 3.05) is 25.1 Å². The summed E-state index contributed by atoms with van der Waals surface area (Å²) in [7, 11) is 1.51. The number of aliphatic carboxylic acids is 1. The first kappa shape index (κ1) is 16.5. The quantitative estimate of drug-likeness (QED) is 0.920. The Morgan fingerprint density at radius 1 is 1.54 bits per heavy atom. The summed E-state index contributed by atoms with van der Waals surface area (Å²) >= 11 is 6.11. The number of aromatic nitrogens is 1. The minimum absolute atomic E-state index is 0.397. The van der Waals surface area contributed by atoms with Gasteiger partial charge in [-0.3, -0.25) is 9.78 Å². The highest BCUT2D eigenvalue weighted by Crippen LogP contribution is 2.34. The van der Waals surface area contributed by atoms with Gasteiger partial charge in [0.25, 0.3) is 0 Å². The van der Waals surface area contributed by atoms with Crippen LogP contribution in [0.5, 0.6) is 0 Å². The van der Waals surface area contributed by atoms with E-state index in [0.717, 1.165) is 16.6 Å². The number of carboxylic acids is 1. The first-order valence-corrected chi connectivity index (χ1v) is 7.92. The standard InChI is InChI=1S/C17H16ClN3O3/c1-24-15-9-21(5-4-12(15)17(22)23)16-10(7-19)8-20-14-3-2-11(18)6-13(14)16/h2-3,6,8,12,15H,4-5,9H2,1H3,(H,22,23)/t12-,15+/m1/s1. The highest BCUT2D eigenvalue weighted by molar-refractivity contribution is 6.31. The summed E-state index contributed by atoms with van der Waals surface area (Å²) in [4.78, 5) is 17.7. The van der Waals surface area contributed by atoms with Crippen LogP contribution in [-0.4, -0.2) is 42.4 Å². The van der Waals surface area contributed by atoms with Crippen LogP contribution in [0.4, 0.5) is 5.69 Å². The second kappa shape index (κ2) is 6.63. The number of benzene rings is 1. The van der Waals surface area contributed by atoms with Crippen molar-refractivity contribution in [3.63, 3.8) is 0 Å². The molecule has 0 saturated carbocycles. The SMILES string of the molecule is CO[C@H]1CN(c2c(C#N)cnc3ccc(Cl)cc23)CC[C@H]1C(=O)O. The van der Waals surface area contributed by atoms with E-state index in [1.165, 1.54) is 13.3 Å². The van der Waals surface area contributed by atoms with Crippen molar-refractivity contribution in [1.82, 2.24) is 4.98 Å². The molecule has 3 rings (SSSR count). The van der Waals surface area contributed by atoms with E-state index in [0.29, 0.717) is 30.1 Å². The van der Waals surface area contributed by atoms with Gasteiger partial charge in [-0.2, -0.15) is 5.26 Å². The van der Waals surface area contributed by atoms with Crippen LogP contribution in [0.25, 0.3) is 10.9 Å². The van der Waals surface area contributed by atoms with E-state index in [1.807, 2.05) is 4.90 Å². The first-order chi connectivity index (χ1) is 11.5. The largest absolute Gasteiger partial charge is 0.481 e. The molecule has 0 spiro atoms. The number of hydrogen-bond donors (Lipinski definition) is 1. The molecule has 2 heterocycles. The Morgan fingerprint density at radius 2 is 2.33 bits per heavy atom. The molecule has 6 nitrogen and oxygen atoms in total. The maximum Gasteiger partial charge on any atom is 0.309 e. The molecule has 0 amide bonds. The van der Waals surface area contributed by atoms with Gasteiger partial charge in [0.1, 0.15) is 6.07 Å². The van der Waals surface area contributed by atoms with E-state index in [2.05, 4.69) is 11.1 Å². The summed E-state index contributed by atoms with van der Waals surface area (Å²) in [6, 6.07) is 7.51. The lowest BCUT2D eigenvalue weighted by atomic mass is 9.92. The van der Waals surface area contributed by atoms with Gasteiger partial charge in [-0.15, -0.1) is 0 Å². The van der Waals surface area contributed by atoms with Gasteiger partial charge >= 0.3 is 5.97 Å². The second-order valence-electron chi connectivity index (χ2n) is 5.75. The predicted molar refractivity (Wildman–Crippen MR) is 90.2 cm³/mol. The average Bonchev–Trinajstić information content (AvgIpc) is 2.59. The lowest BCUT2D eigenvalue weighted by Crippen LogP contribution is -2.47. The van der Waals surface area contributed by atoms with Crippen molar-refractivity contribution in [2.24, 2.45) is 5.92 Å². The molecule has 1 saturated heterocycles. The maximum atomic E-state index is 11.4. The smallest absolute Gasteiger partial charge is 0.309 e. The summed E-state index contributed by atoms with van der Waals surface area (Å²) in [5.41, 5.74) is 1.91. The molecular weight excluding hydrogens is 330 g/mol. The third-order valence-electron chi connectivity index (χ3n) is 4.42. The van der Waals surface area contributed by atoms with Gasteiger partial charge in [0.05, 0.1) is 28.8 Å². The number of methoxy groups -OCH3 is 1. The normalized spacial score (nSPS) is 20.8. The molecule has 2 atom stereocenters. The molecule has 0 radical (unpaired) electrons.